The number of aromatic nitrogens is 2. The van der Waals surface area contributed by atoms with E-state index in [0.717, 1.165) is 23.4 Å². The maximum absolute atomic E-state index is 12.6. The summed E-state index contributed by atoms with van der Waals surface area (Å²) >= 11 is 7.09. The number of hydrogen-bond acceptors (Lipinski definition) is 4. The fourth-order valence-electron chi connectivity index (χ4n) is 2.58. The molecule has 1 aromatic carbocycles. The molecule has 2 heterocycles. The number of thiocarbonyl (C=S) groups is 1. The van der Waals surface area contributed by atoms with Crippen molar-refractivity contribution in [2.24, 2.45) is 0 Å². The van der Waals surface area contributed by atoms with E-state index in [2.05, 4.69) is 10.4 Å². The summed E-state index contributed by atoms with van der Waals surface area (Å²) in [4.78, 5) is 14.2. The molecule has 0 spiro atoms. The Morgan fingerprint density at radius 3 is 3.00 bits per heavy atom. The Kier molecular flexibility index (Phi) is 4.97. The number of nitrogens with zero attached hydrogens (tertiary/aromatic N) is 3. The monoisotopic (exact) mass is 346 g/mol. The predicted molar refractivity (Wildman–Crippen MR) is 97.8 cm³/mol. The van der Waals surface area contributed by atoms with Crippen LogP contribution in [0, 0.1) is 0 Å². The van der Waals surface area contributed by atoms with Crippen LogP contribution >= 0.6 is 24.0 Å². The Bertz CT molecular complexity index is 702. The Labute approximate surface area is 145 Å². The van der Waals surface area contributed by atoms with Crippen molar-refractivity contribution >= 4 is 40.7 Å². The summed E-state index contributed by atoms with van der Waals surface area (Å²) < 4.78 is 1.85. The molecular formula is C16H18N4OS2. The molecule has 1 unspecified atom stereocenters. The number of hydrogen-bond donors (Lipinski definition) is 1. The van der Waals surface area contributed by atoms with Crippen molar-refractivity contribution in [1.82, 2.24) is 15.1 Å². The lowest BCUT2D eigenvalue weighted by molar-refractivity contribution is -0.118. The van der Waals surface area contributed by atoms with Crippen molar-refractivity contribution in [3.05, 3.63) is 48.3 Å². The molecule has 1 fully saturated rings. The van der Waals surface area contributed by atoms with Crippen LogP contribution in [-0.4, -0.2) is 38.9 Å². The summed E-state index contributed by atoms with van der Waals surface area (Å²) in [5.41, 5.74) is 1.89. The molecule has 1 N–H and O–H groups in total. The number of anilines is 1. The lowest BCUT2D eigenvalue weighted by Crippen LogP contribution is -2.31. The molecule has 2 aromatic rings. The van der Waals surface area contributed by atoms with E-state index >= 15 is 0 Å². The zero-order valence-electron chi connectivity index (χ0n) is 12.8. The molecule has 0 bridgehead atoms. The lowest BCUT2D eigenvalue weighted by Gasteiger charge is -2.16. The van der Waals surface area contributed by atoms with Gasteiger partial charge in [0, 0.05) is 12.4 Å². The van der Waals surface area contributed by atoms with Gasteiger partial charge in [-0.15, -0.1) is 0 Å². The van der Waals surface area contributed by atoms with E-state index in [1.807, 2.05) is 47.5 Å². The van der Waals surface area contributed by atoms with E-state index in [0.29, 0.717) is 11.7 Å². The minimum absolute atomic E-state index is 0.0280. The molecule has 0 aliphatic carbocycles. The zero-order chi connectivity index (χ0) is 16.2. The van der Waals surface area contributed by atoms with Gasteiger partial charge >= 0.3 is 0 Å². The molecule has 120 valence electrons. The molecule has 7 heteroatoms. The first-order valence-corrected chi connectivity index (χ1v) is 9.19. The van der Waals surface area contributed by atoms with E-state index in [4.69, 9.17) is 12.2 Å². The molecule has 0 radical (unpaired) electrons. The standard InChI is InChI=1S/C16H18N4OS2/c1-23-9-6-14-15(21)20(16(22)18-14)13-5-2-4-12(10-13)11-19-8-3-7-17-19/h2-5,7-8,10,14H,6,9,11H2,1H3,(H,18,22). The van der Waals surface area contributed by atoms with E-state index in [-0.39, 0.29) is 11.9 Å². The van der Waals surface area contributed by atoms with Crippen LogP contribution in [-0.2, 0) is 11.3 Å². The third-order valence-corrected chi connectivity index (χ3v) is 4.65. The van der Waals surface area contributed by atoms with Gasteiger partial charge in [-0.2, -0.15) is 16.9 Å². The van der Waals surface area contributed by atoms with Crippen molar-refractivity contribution < 1.29 is 4.79 Å². The van der Waals surface area contributed by atoms with Gasteiger partial charge in [-0.05, 0) is 54.4 Å². The van der Waals surface area contributed by atoms with Crippen molar-refractivity contribution in [2.45, 2.75) is 19.0 Å². The highest BCUT2D eigenvalue weighted by molar-refractivity contribution is 7.98. The van der Waals surface area contributed by atoms with Gasteiger partial charge in [0.15, 0.2) is 5.11 Å². The molecule has 5 nitrogen and oxygen atoms in total. The van der Waals surface area contributed by atoms with Crippen LogP contribution in [0.5, 0.6) is 0 Å². The van der Waals surface area contributed by atoms with Gasteiger partial charge in [-0.3, -0.25) is 14.4 Å². The largest absolute Gasteiger partial charge is 0.350 e. The zero-order valence-corrected chi connectivity index (χ0v) is 14.4. The van der Waals surface area contributed by atoms with Crippen LogP contribution in [0.4, 0.5) is 5.69 Å². The average molecular weight is 346 g/mol. The van der Waals surface area contributed by atoms with Crippen LogP contribution in [0.1, 0.15) is 12.0 Å². The normalized spacial score (nSPS) is 17.6. The maximum atomic E-state index is 12.6. The second-order valence-corrected chi connectivity index (χ2v) is 6.70. The highest BCUT2D eigenvalue weighted by atomic mass is 32.2. The molecule has 1 atom stereocenters. The molecule has 0 saturated carbocycles. The first-order valence-electron chi connectivity index (χ1n) is 7.39. The quantitative estimate of drug-likeness (QED) is 0.813. The third kappa shape index (κ3) is 3.56. The smallest absolute Gasteiger partial charge is 0.255 e. The molecule has 3 rings (SSSR count). The molecule has 1 aliphatic rings. The van der Waals surface area contributed by atoms with Crippen LogP contribution < -0.4 is 10.2 Å². The van der Waals surface area contributed by atoms with Gasteiger partial charge in [-0.1, -0.05) is 12.1 Å². The maximum Gasteiger partial charge on any atom is 0.255 e. The highest BCUT2D eigenvalue weighted by Gasteiger charge is 2.35. The fraction of sp³-hybridized carbons (Fsp3) is 0.312. The van der Waals surface area contributed by atoms with Gasteiger partial charge in [-0.25, -0.2) is 0 Å². The van der Waals surface area contributed by atoms with E-state index in [1.165, 1.54) is 0 Å². The number of carbonyl (C=O) groups is 1. The molecule has 23 heavy (non-hydrogen) atoms. The summed E-state index contributed by atoms with van der Waals surface area (Å²) in [6, 6.07) is 9.54. The number of amides is 1. The van der Waals surface area contributed by atoms with Crippen LogP contribution in [0.15, 0.2) is 42.7 Å². The van der Waals surface area contributed by atoms with Crippen LogP contribution in [0.3, 0.4) is 0 Å². The predicted octanol–water partition coefficient (Wildman–Crippen LogP) is 2.27. The number of thioether (sulfide) groups is 1. The number of nitrogens with one attached hydrogen (secondary N) is 1. The molecule has 1 aromatic heterocycles. The summed E-state index contributed by atoms with van der Waals surface area (Å²) in [6.45, 7) is 0.666. The van der Waals surface area contributed by atoms with Gasteiger partial charge in [0.1, 0.15) is 6.04 Å². The van der Waals surface area contributed by atoms with Crippen molar-refractivity contribution in [1.29, 1.82) is 0 Å². The van der Waals surface area contributed by atoms with Gasteiger partial charge < -0.3 is 5.32 Å². The molecule has 1 aliphatic heterocycles. The Morgan fingerprint density at radius 1 is 1.39 bits per heavy atom. The fourth-order valence-corrected chi connectivity index (χ4v) is 3.39. The number of rotatable bonds is 6. The first kappa shape index (κ1) is 16.0. The highest BCUT2D eigenvalue weighted by Crippen LogP contribution is 2.23. The topological polar surface area (TPSA) is 50.2 Å². The minimum Gasteiger partial charge on any atom is -0.350 e. The van der Waals surface area contributed by atoms with Crippen molar-refractivity contribution in [3.63, 3.8) is 0 Å². The van der Waals surface area contributed by atoms with Crippen molar-refractivity contribution in [2.75, 3.05) is 16.9 Å². The average Bonchev–Trinajstić information content (AvgIpc) is 3.14. The minimum atomic E-state index is -0.218. The van der Waals surface area contributed by atoms with Gasteiger partial charge in [0.25, 0.3) is 5.91 Å². The van der Waals surface area contributed by atoms with Crippen molar-refractivity contribution in [3.8, 4) is 0 Å². The van der Waals surface area contributed by atoms with Crippen LogP contribution in [0.2, 0.25) is 0 Å². The second kappa shape index (κ2) is 7.14. The van der Waals surface area contributed by atoms with E-state index in [9.17, 15) is 4.79 Å². The second-order valence-electron chi connectivity index (χ2n) is 5.33. The Balaban J connectivity index is 1.78. The molecule has 1 saturated heterocycles. The third-order valence-electron chi connectivity index (χ3n) is 3.70. The number of benzene rings is 1. The SMILES string of the molecule is CSCCC1NC(=S)N(c2cccc(Cn3cccn3)c2)C1=O. The summed E-state index contributed by atoms with van der Waals surface area (Å²) in [6.07, 6.45) is 6.49. The van der Waals surface area contributed by atoms with Crippen LogP contribution in [0.25, 0.3) is 0 Å². The van der Waals surface area contributed by atoms with E-state index < -0.39 is 0 Å². The Morgan fingerprint density at radius 2 is 2.26 bits per heavy atom. The van der Waals surface area contributed by atoms with Gasteiger partial charge in [0.05, 0.1) is 12.2 Å². The summed E-state index contributed by atoms with van der Waals surface area (Å²) in [5, 5.41) is 7.82. The molecule has 1 amide bonds. The summed E-state index contributed by atoms with van der Waals surface area (Å²) in [5.74, 6) is 0.958. The Hall–Kier alpha value is -1.86. The first-order chi connectivity index (χ1) is 11.2. The van der Waals surface area contributed by atoms with E-state index in [1.54, 1.807) is 22.9 Å². The summed E-state index contributed by atoms with van der Waals surface area (Å²) in [7, 11) is 0. The van der Waals surface area contributed by atoms with Gasteiger partial charge in [0.2, 0.25) is 0 Å². The molecular weight excluding hydrogens is 328 g/mol. The lowest BCUT2D eigenvalue weighted by atomic mass is 10.1. The number of carbonyl (C=O) groups excluding carboxylic acids is 1.